The number of rotatable bonds is 1. The van der Waals surface area contributed by atoms with E-state index >= 15 is 0 Å². The molecule has 2 amide bonds. The summed E-state index contributed by atoms with van der Waals surface area (Å²) in [5.74, 6) is -1.96. The summed E-state index contributed by atoms with van der Waals surface area (Å²) in [5.41, 5.74) is -1.64. The zero-order chi connectivity index (χ0) is 11.9. The number of carboxylic acids is 1. The molecule has 2 aliphatic rings. The fraction of sp³-hybridized carbons (Fsp3) is 0.700. The second-order valence-electron chi connectivity index (χ2n) is 4.33. The van der Waals surface area contributed by atoms with Crippen LogP contribution in [0.4, 0.5) is 0 Å². The molecular formula is C10H14N2O4. The summed E-state index contributed by atoms with van der Waals surface area (Å²) in [7, 11) is 1.47. The summed E-state index contributed by atoms with van der Waals surface area (Å²) in [4.78, 5) is 37.6. The van der Waals surface area contributed by atoms with Crippen molar-refractivity contribution in [3.8, 4) is 0 Å². The number of fused-ring (bicyclic) bond motifs is 1. The number of piperidine rings is 1. The van der Waals surface area contributed by atoms with Gasteiger partial charge in [-0.05, 0) is 19.3 Å². The molecule has 0 spiro atoms. The van der Waals surface area contributed by atoms with Gasteiger partial charge in [0.05, 0.1) is 6.54 Å². The molecule has 2 fully saturated rings. The first-order chi connectivity index (χ1) is 7.50. The average molecular weight is 226 g/mol. The van der Waals surface area contributed by atoms with Gasteiger partial charge in [0.15, 0.2) is 0 Å². The van der Waals surface area contributed by atoms with Crippen molar-refractivity contribution >= 4 is 17.8 Å². The van der Waals surface area contributed by atoms with Gasteiger partial charge in [0, 0.05) is 13.6 Å². The van der Waals surface area contributed by atoms with Crippen molar-refractivity contribution < 1.29 is 19.5 Å². The molecule has 1 unspecified atom stereocenters. The van der Waals surface area contributed by atoms with Gasteiger partial charge in [-0.3, -0.25) is 9.59 Å². The van der Waals surface area contributed by atoms with Crippen LogP contribution in [0.5, 0.6) is 0 Å². The highest BCUT2D eigenvalue weighted by Crippen LogP contribution is 2.33. The number of carboxylic acid groups (broad SMARTS) is 1. The molecule has 2 heterocycles. The summed E-state index contributed by atoms with van der Waals surface area (Å²) in [6.07, 6.45) is 1.64. The lowest BCUT2D eigenvalue weighted by molar-refractivity contribution is -0.179. The molecule has 1 atom stereocenters. The fourth-order valence-electron chi connectivity index (χ4n) is 2.53. The number of likely N-dealkylation sites (N-methyl/N-ethyl adjacent to an activating group) is 1. The summed E-state index contributed by atoms with van der Waals surface area (Å²) < 4.78 is 0. The number of amides is 2. The Morgan fingerprint density at radius 3 is 2.69 bits per heavy atom. The third-order valence-corrected chi connectivity index (χ3v) is 3.36. The first-order valence-corrected chi connectivity index (χ1v) is 5.29. The Hall–Kier alpha value is -1.59. The van der Waals surface area contributed by atoms with Crippen LogP contribution in [-0.4, -0.2) is 58.4 Å². The molecule has 0 bridgehead atoms. The maximum atomic E-state index is 12.0. The number of hydrogen-bond acceptors (Lipinski definition) is 3. The number of nitrogens with zero attached hydrogens (tertiary/aromatic N) is 2. The van der Waals surface area contributed by atoms with Crippen LogP contribution in [0.3, 0.4) is 0 Å². The van der Waals surface area contributed by atoms with E-state index in [1.807, 2.05) is 0 Å². The monoisotopic (exact) mass is 226 g/mol. The number of hydrogen-bond donors (Lipinski definition) is 1. The van der Waals surface area contributed by atoms with Crippen molar-refractivity contribution in [3.05, 3.63) is 0 Å². The minimum absolute atomic E-state index is 0.0200. The van der Waals surface area contributed by atoms with Crippen LogP contribution in [0.2, 0.25) is 0 Å². The molecule has 0 saturated carbocycles. The highest BCUT2D eigenvalue weighted by Gasteiger charge is 2.58. The maximum Gasteiger partial charge on any atom is 0.339 e. The van der Waals surface area contributed by atoms with E-state index in [2.05, 4.69) is 0 Å². The molecule has 0 aromatic heterocycles. The van der Waals surface area contributed by atoms with Crippen LogP contribution in [0.1, 0.15) is 19.3 Å². The van der Waals surface area contributed by atoms with E-state index in [9.17, 15) is 19.5 Å². The van der Waals surface area contributed by atoms with Gasteiger partial charge in [-0.15, -0.1) is 0 Å². The Kier molecular flexibility index (Phi) is 2.36. The minimum atomic E-state index is -1.64. The summed E-state index contributed by atoms with van der Waals surface area (Å²) in [6, 6.07) is 0. The highest BCUT2D eigenvalue weighted by molar-refractivity contribution is 6.12. The Labute approximate surface area is 92.8 Å². The first-order valence-electron chi connectivity index (χ1n) is 5.29. The molecule has 88 valence electrons. The number of carbonyl (C=O) groups is 3. The van der Waals surface area contributed by atoms with Crippen molar-refractivity contribution in [1.82, 2.24) is 9.80 Å². The second kappa shape index (κ2) is 3.47. The Morgan fingerprint density at radius 2 is 2.06 bits per heavy atom. The van der Waals surface area contributed by atoms with E-state index in [-0.39, 0.29) is 18.9 Å². The van der Waals surface area contributed by atoms with E-state index in [1.54, 1.807) is 0 Å². The van der Waals surface area contributed by atoms with Crippen LogP contribution >= 0.6 is 0 Å². The van der Waals surface area contributed by atoms with E-state index in [1.165, 1.54) is 16.8 Å². The topological polar surface area (TPSA) is 77.9 Å². The molecule has 1 N–H and O–H groups in total. The molecule has 6 heteroatoms. The van der Waals surface area contributed by atoms with Gasteiger partial charge in [-0.2, -0.15) is 0 Å². The molecule has 0 aromatic carbocycles. The lowest BCUT2D eigenvalue weighted by atomic mass is 9.83. The van der Waals surface area contributed by atoms with Crippen LogP contribution in [-0.2, 0) is 14.4 Å². The zero-order valence-corrected chi connectivity index (χ0v) is 9.10. The molecule has 16 heavy (non-hydrogen) atoms. The predicted octanol–water partition coefficient (Wildman–Crippen LogP) is -0.706. The third kappa shape index (κ3) is 1.22. The van der Waals surface area contributed by atoms with Crippen molar-refractivity contribution in [3.63, 3.8) is 0 Å². The molecule has 6 nitrogen and oxygen atoms in total. The maximum absolute atomic E-state index is 12.0. The molecular weight excluding hydrogens is 212 g/mol. The zero-order valence-electron chi connectivity index (χ0n) is 9.10. The highest BCUT2D eigenvalue weighted by atomic mass is 16.4. The largest absolute Gasteiger partial charge is 0.479 e. The van der Waals surface area contributed by atoms with Gasteiger partial charge < -0.3 is 14.9 Å². The van der Waals surface area contributed by atoms with Crippen molar-refractivity contribution in [2.75, 3.05) is 20.1 Å². The van der Waals surface area contributed by atoms with Crippen LogP contribution in [0.25, 0.3) is 0 Å². The van der Waals surface area contributed by atoms with E-state index in [0.29, 0.717) is 13.0 Å². The van der Waals surface area contributed by atoms with E-state index < -0.39 is 17.4 Å². The van der Waals surface area contributed by atoms with E-state index in [0.717, 1.165) is 6.42 Å². The SMILES string of the molecule is CN1CC(=O)N2CCCCC2(C(=O)O)C1=O. The summed E-state index contributed by atoms with van der Waals surface area (Å²) >= 11 is 0. The summed E-state index contributed by atoms with van der Waals surface area (Å²) in [5, 5.41) is 9.29. The number of aliphatic carboxylic acids is 1. The fourth-order valence-corrected chi connectivity index (χ4v) is 2.53. The van der Waals surface area contributed by atoms with Gasteiger partial charge in [-0.1, -0.05) is 0 Å². The van der Waals surface area contributed by atoms with Gasteiger partial charge >= 0.3 is 5.97 Å². The number of carbonyl (C=O) groups excluding carboxylic acids is 2. The minimum Gasteiger partial charge on any atom is -0.479 e. The molecule has 2 saturated heterocycles. The molecule has 2 rings (SSSR count). The predicted molar refractivity (Wildman–Crippen MR) is 53.6 cm³/mol. The molecule has 0 aliphatic carbocycles. The Bertz CT molecular complexity index is 368. The van der Waals surface area contributed by atoms with E-state index in [4.69, 9.17) is 0 Å². The van der Waals surface area contributed by atoms with Crippen LogP contribution in [0, 0.1) is 0 Å². The van der Waals surface area contributed by atoms with Crippen molar-refractivity contribution in [2.24, 2.45) is 0 Å². The second-order valence-corrected chi connectivity index (χ2v) is 4.33. The van der Waals surface area contributed by atoms with Crippen molar-refractivity contribution in [1.29, 1.82) is 0 Å². The average Bonchev–Trinajstić information content (AvgIpc) is 2.25. The van der Waals surface area contributed by atoms with Crippen LogP contribution in [0.15, 0.2) is 0 Å². The molecule has 0 aromatic rings. The number of piperazine rings is 1. The first kappa shape index (κ1) is 10.9. The Balaban J connectivity index is 2.47. The quantitative estimate of drug-likeness (QED) is 0.599. The van der Waals surface area contributed by atoms with Gasteiger partial charge in [-0.25, -0.2) is 4.79 Å². The summed E-state index contributed by atoms with van der Waals surface area (Å²) in [6.45, 7) is 0.346. The van der Waals surface area contributed by atoms with Crippen LogP contribution < -0.4 is 0 Å². The molecule has 2 aliphatic heterocycles. The molecule has 0 radical (unpaired) electrons. The standard InChI is InChI=1S/C10H14N2O4/c1-11-6-7(13)12-5-3-2-4-10(12,8(11)14)9(15)16/h2-6H2,1H3,(H,15,16). The lowest BCUT2D eigenvalue weighted by Gasteiger charge is -2.48. The van der Waals surface area contributed by atoms with Gasteiger partial charge in [0.25, 0.3) is 5.91 Å². The van der Waals surface area contributed by atoms with Crippen molar-refractivity contribution in [2.45, 2.75) is 24.8 Å². The van der Waals surface area contributed by atoms with Gasteiger partial charge in [0.2, 0.25) is 11.4 Å². The smallest absolute Gasteiger partial charge is 0.339 e. The lowest BCUT2D eigenvalue weighted by Crippen LogP contribution is -2.72. The third-order valence-electron chi connectivity index (χ3n) is 3.36. The van der Waals surface area contributed by atoms with Gasteiger partial charge in [0.1, 0.15) is 0 Å². The Morgan fingerprint density at radius 1 is 1.38 bits per heavy atom. The normalized spacial score (nSPS) is 30.3.